The minimum Gasteiger partial charge on any atom is -0.507 e. The van der Waals surface area contributed by atoms with E-state index in [2.05, 4.69) is 26.8 Å². The number of nitrogens with two attached hydrogens (primary N) is 2. The fraction of sp³-hybridized carbons (Fsp3) is 0.355. The number of hydrogen-bond donors (Lipinski definition) is 4. The number of aryl methyl sites for hydroxylation is 2. The van der Waals surface area contributed by atoms with Crippen LogP contribution in [0.25, 0.3) is 0 Å². The van der Waals surface area contributed by atoms with E-state index in [9.17, 15) is 19.8 Å². The van der Waals surface area contributed by atoms with Crippen LogP contribution in [-0.2, 0) is 19.6 Å². The van der Waals surface area contributed by atoms with E-state index in [-0.39, 0.29) is 22.6 Å². The van der Waals surface area contributed by atoms with E-state index in [1.54, 1.807) is 12.1 Å². The Bertz CT molecular complexity index is 1280. The van der Waals surface area contributed by atoms with Gasteiger partial charge in [0.25, 0.3) is 11.8 Å². The normalized spacial score (nSPS) is 15.8. The van der Waals surface area contributed by atoms with Crippen LogP contribution in [0.5, 0.6) is 11.5 Å². The van der Waals surface area contributed by atoms with Crippen molar-refractivity contribution in [3.05, 3.63) is 93.5 Å². The van der Waals surface area contributed by atoms with Gasteiger partial charge in [-0.15, -0.1) is 0 Å². The van der Waals surface area contributed by atoms with Crippen LogP contribution >= 0.6 is 0 Å². The second kappa shape index (κ2) is 13.0. The number of phenols is 2. The first kappa shape index (κ1) is 29.1. The molecular weight excluding hydrogens is 506 g/mol. The van der Waals surface area contributed by atoms with Crippen molar-refractivity contribution in [2.24, 2.45) is 11.5 Å². The van der Waals surface area contributed by atoms with Gasteiger partial charge in [0.05, 0.1) is 11.1 Å². The highest BCUT2D eigenvalue weighted by Crippen LogP contribution is 2.27. The zero-order valence-corrected chi connectivity index (χ0v) is 23.3. The van der Waals surface area contributed by atoms with Gasteiger partial charge in [-0.1, -0.05) is 42.5 Å². The largest absolute Gasteiger partial charge is 0.507 e. The van der Waals surface area contributed by atoms with Crippen molar-refractivity contribution in [2.45, 2.75) is 33.5 Å². The summed E-state index contributed by atoms with van der Waals surface area (Å²) in [6.45, 7) is 10.1. The average Bonchev–Trinajstić information content (AvgIpc) is 2.99. The van der Waals surface area contributed by atoms with E-state index in [4.69, 9.17) is 11.5 Å². The van der Waals surface area contributed by atoms with E-state index in [0.29, 0.717) is 37.3 Å². The Kier molecular flexibility index (Phi) is 9.42. The van der Waals surface area contributed by atoms with Gasteiger partial charge in [-0.3, -0.25) is 24.3 Å². The quantitative estimate of drug-likeness (QED) is 0.342. The number of rotatable bonds is 8. The molecule has 0 saturated carbocycles. The Morgan fingerprint density at radius 1 is 0.650 bits per heavy atom. The molecule has 0 unspecified atom stereocenters. The first-order chi connectivity index (χ1) is 19.1. The summed E-state index contributed by atoms with van der Waals surface area (Å²) in [5.74, 6) is -1.44. The summed E-state index contributed by atoms with van der Waals surface area (Å²) >= 11 is 0. The van der Waals surface area contributed by atoms with Crippen molar-refractivity contribution in [1.82, 2.24) is 14.7 Å². The molecule has 3 aromatic carbocycles. The third kappa shape index (κ3) is 7.38. The predicted octanol–water partition coefficient (Wildman–Crippen LogP) is 2.73. The molecule has 40 heavy (non-hydrogen) atoms. The fourth-order valence-electron chi connectivity index (χ4n) is 5.31. The van der Waals surface area contributed by atoms with Crippen molar-refractivity contribution < 1.29 is 19.8 Å². The van der Waals surface area contributed by atoms with E-state index in [1.165, 1.54) is 5.56 Å². The van der Waals surface area contributed by atoms with Crippen molar-refractivity contribution in [3.8, 4) is 11.5 Å². The molecule has 3 aromatic rings. The zero-order valence-electron chi connectivity index (χ0n) is 23.3. The maximum absolute atomic E-state index is 11.9. The molecule has 9 heteroatoms. The van der Waals surface area contributed by atoms with Gasteiger partial charge in [-0.25, -0.2) is 0 Å². The number of nitrogens with zero attached hydrogens (tertiary/aromatic N) is 3. The highest BCUT2D eigenvalue weighted by Gasteiger charge is 2.22. The highest BCUT2D eigenvalue weighted by molar-refractivity contribution is 5.96. The van der Waals surface area contributed by atoms with Gasteiger partial charge >= 0.3 is 0 Å². The molecule has 212 valence electrons. The average molecular weight is 546 g/mol. The molecule has 1 fully saturated rings. The van der Waals surface area contributed by atoms with Gasteiger partial charge in [0.1, 0.15) is 11.5 Å². The predicted molar refractivity (Wildman–Crippen MR) is 155 cm³/mol. The third-order valence-electron chi connectivity index (χ3n) is 7.43. The molecule has 0 radical (unpaired) electrons. The van der Waals surface area contributed by atoms with Gasteiger partial charge in [0, 0.05) is 70.0 Å². The fourth-order valence-corrected chi connectivity index (χ4v) is 5.31. The van der Waals surface area contributed by atoms with Crippen LogP contribution in [-0.4, -0.2) is 76.0 Å². The lowest BCUT2D eigenvalue weighted by molar-refractivity contribution is 0.0988. The second-order valence-corrected chi connectivity index (χ2v) is 10.7. The monoisotopic (exact) mass is 545 g/mol. The van der Waals surface area contributed by atoms with Crippen LogP contribution in [0.15, 0.2) is 54.6 Å². The van der Waals surface area contributed by atoms with Crippen LogP contribution in [0.3, 0.4) is 0 Å². The molecule has 0 bridgehead atoms. The lowest BCUT2D eigenvalue weighted by Gasteiger charge is -2.27. The van der Waals surface area contributed by atoms with Crippen LogP contribution in [0.4, 0.5) is 0 Å². The van der Waals surface area contributed by atoms with Crippen LogP contribution < -0.4 is 11.5 Å². The van der Waals surface area contributed by atoms with E-state index >= 15 is 0 Å². The zero-order chi connectivity index (χ0) is 28.8. The topological polar surface area (TPSA) is 136 Å². The Balaban J connectivity index is 1.59. The lowest BCUT2D eigenvalue weighted by atomic mass is 10.0. The van der Waals surface area contributed by atoms with Crippen LogP contribution in [0.1, 0.15) is 48.5 Å². The molecule has 1 aliphatic heterocycles. The third-order valence-corrected chi connectivity index (χ3v) is 7.43. The molecule has 0 atom stereocenters. The summed E-state index contributed by atoms with van der Waals surface area (Å²) in [4.78, 5) is 30.7. The van der Waals surface area contributed by atoms with Crippen molar-refractivity contribution in [2.75, 3.05) is 39.3 Å². The summed E-state index contributed by atoms with van der Waals surface area (Å²) in [5.41, 5.74) is 15.6. The number of carbonyl (C=O) groups is 2. The molecule has 6 N–H and O–H groups in total. The number of hydrogen-bond acceptors (Lipinski definition) is 7. The summed E-state index contributed by atoms with van der Waals surface area (Å²) < 4.78 is 0. The molecule has 9 nitrogen and oxygen atoms in total. The summed E-state index contributed by atoms with van der Waals surface area (Å²) in [7, 11) is 0. The number of amides is 2. The molecule has 0 aromatic heterocycles. The molecule has 2 amide bonds. The van der Waals surface area contributed by atoms with Crippen molar-refractivity contribution in [3.63, 3.8) is 0 Å². The molecule has 0 aliphatic carbocycles. The number of primary amides is 2. The number of carbonyl (C=O) groups excluding carboxylic acids is 2. The molecule has 4 rings (SSSR count). The van der Waals surface area contributed by atoms with Gasteiger partial charge in [0.2, 0.25) is 0 Å². The first-order valence-corrected chi connectivity index (χ1v) is 13.6. The van der Waals surface area contributed by atoms with E-state index in [1.807, 2.05) is 44.2 Å². The van der Waals surface area contributed by atoms with Gasteiger partial charge in [-0.05, 0) is 42.7 Å². The first-order valence-electron chi connectivity index (χ1n) is 13.6. The summed E-state index contributed by atoms with van der Waals surface area (Å²) in [6, 6.07) is 17.3. The van der Waals surface area contributed by atoms with E-state index in [0.717, 1.165) is 43.9 Å². The maximum atomic E-state index is 11.9. The molecular formula is C31H39N5O4. The molecule has 1 heterocycles. The van der Waals surface area contributed by atoms with Gasteiger partial charge < -0.3 is 21.7 Å². The smallest absolute Gasteiger partial charge is 0.252 e. The van der Waals surface area contributed by atoms with Gasteiger partial charge in [-0.2, -0.15) is 0 Å². The Morgan fingerprint density at radius 3 is 1.40 bits per heavy atom. The van der Waals surface area contributed by atoms with Gasteiger partial charge in [0.15, 0.2) is 0 Å². The van der Waals surface area contributed by atoms with E-state index < -0.39 is 11.8 Å². The second-order valence-electron chi connectivity index (χ2n) is 10.7. The minimum atomic E-state index is -0.652. The molecule has 1 aliphatic rings. The highest BCUT2D eigenvalue weighted by atomic mass is 16.3. The summed E-state index contributed by atoms with van der Waals surface area (Å²) in [5, 5.41) is 21.6. The molecule has 0 spiro atoms. The lowest BCUT2D eigenvalue weighted by Crippen LogP contribution is -2.35. The minimum absolute atomic E-state index is 0.0698. The maximum Gasteiger partial charge on any atom is 0.252 e. The standard InChI is InChI=1S/C31H39N5O4/c1-21-14-24(28(37)26(16-21)30(32)39)19-35-10-8-34(18-23-6-4-3-5-7-23)9-11-36(13-12-35)20-25-15-22(2)17-27(29(25)38)31(33)40/h3-7,14-17,37-38H,8-13,18-20H2,1-2H3,(H2,32,39)(H2,33,40). The SMILES string of the molecule is Cc1cc(CN2CCN(Cc3ccccc3)CCN(Cc3cc(C)cc(C(N)=O)c3O)CC2)c(O)c(C(N)=O)c1. The van der Waals surface area contributed by atoms with Crippen molar-refractivity contribution in [1.29, 1.82) is 0 Å². The Hall–Kier alpha value is -3.92. The molecule has 1 saturated heterocycles. The Morgan fingerprint density at radius 2 is 1.02 bits per heavy atom. The van der Waals surface area contributed by atoms with Crippen LogP contribution in [0, 0.1) is 13.8 Å². The number of benzene rings is 3. The summed E-state index contributed by atoms with van der Waals surface area (Å²) in [6.07, 6.45) is 0. The van der Waals surface area contributed by atoms with Crippen LogP contribution in [0.2, 0.25) is 0 Å². The Labute approximate surface area is 235 Å². The van der Waals surface area contributed by atoms with Crippen molar-refractivity contribution >= 4 is 11.8 Å². The number of aromatic hydroxyl groups is 2.